The van der Waals surface area contributed by atoms with Crippen LogP contribution in [-0.2, 0) is 0 Å². The van der Waals surface area contributed by atoms with Crippen LogP contribution in [0.3, 0.4) is 0 Å². The summed E-state index contributed by atoms with van der Waals surface area (Å²) in [4.78, 5) is 8.54. The van der Waals surface area contributed by atoms with Crippen LogP contribution in [-0.4, -0.2) is 9.97 Å². The third kappa shape index (κ3) is 2.44. The van der Waals surface area contributed by atoms with Crippen LogP contribution in [0, 0.1) is 6.92 Å². The van der Waals surface area contributed by atoms with Gasteiger partial charge >= 0.3 is 0 Å². The molecule has 0 fully saturated rings. The Morgan fingerprint density at radius 3 is 2.70 bits per heavy atom. The smallest absolute Gasteiger partial charge is 0.222 e. The Morgan fingerprint density at radius 2 is 1.90 bits per heavy atom. The number of nitrogens with one attached hydrogen (secondary N) is 1. The number of anilines is 3. The number of para-hydroxylation sites is 1. The van der Waals surface area contributed by atoms with Gasteiger partial charge in [0.2, 0.25) is 5.95 Å². The fourth-order valence-corrected chi connectivity index (χ4v) is 2.56. The van der Waals surface area contributed by atoms with Gasteiger partial charge in [-0.05, 0) is 42.8 Å². The van der Waals surface area contributed by atoms with E-state index < -0.39 is 0 Å². The summed E-state index contributed by atoms with van der Waals surface area (Å²) in [5.74, 6) is 0.986. The Labute approximate surface area is 125 Å². The van der Waals surface area contributed by atoms with Crippen molar-refractivity contribution in [3.05, 3.63) is 52.5 Å². The van der Waals surface area contributed by atoms with Crippen molar-refractivity contribution in [1.82, 2.24) is 9.97 Å². The average molecular weight is 329 g/mol. The van der Waals surface area contributed by atoms with Crippen molar-refractivity contribution < 1.29 is 0 Å². The summed E-state index contributed by atoms with van der Waals surface area (Å²) < 4.78 is 1.05. The van der Waals surface area contributed by atoms with Crippen molar-refractivity contribution in [1.29, 1.82) is 0 Å². The van der Waals surface area contributed by atoms with Crippen molar-refractivity contribution in [3.63, 3.8) is 0 Å². The van der Waals surface area contributed by atoms with Crippen molar-refractivity contribution >= 4 is 44.3 Å². The molecular formula is C15H13BrN4. The van der Waals surface area contributed by atoms with Crippen LogP contribution in [0.2, 0.25) is 0 Å². The van der Waals surface area contributed by atoms with E-state index in [1.807, 2.05) is 43.3 Å². The van der Waals surface area contributed by atoms with Crippen LogP contribution in [0.4, 0.5) is 17.5 Å². The van der Waals surface area contributed by atoms with Gasteiger partial charge in [0.25, 0.3) is 0 Å². The number of nitrogens with two attached hydrogens (primary N) is 1. The molecule has 0 aliphatic heterocycles. The first-order valence-electron chi connectivity index (χ1n) is 6.19. The molecule has 0 aliphatic rings. The van der Waals surface area contributed by atoms with Crippen molar-refractivity contribution in [2.45, 2.75) is 6.92 Å². The number of hydrogen-bond acceptors (Lipinski definition) is 4. The number of benzene rings is 2. The minimum Gasteiger partial charge on any atom is -0.368 e. The van der Waals surface area contributed by atoms with Gasteiger partial charge in [-0.3, -0.25) is 0 Å². The van der Waals surface area contributed by atoms with E-state index in [-0.39, 0.29) is 5.95 Å². The Hall–Kier alpha value is -2.14. The average Bonchev–Trinajstić information content (AvgIpc) is 2.41. The Morgan fingerprint density at radius 1 is 1.10 bits per heavy atom. The first kappa shape index (κ1) is 12.9. The Bertz CT molecular complexity index is 786. The molecule has 1 heterocycles. The maximum Gasteiger partial charge on any atom is 0.222 e. The highest BCUT2D eigenvalue weighted by molar-refractivity contribution is 9.10. The van der Waals surface area contributed by atoms with Gasteiger partial charge in [0.05, 0.1) is 5.52 Å². The molecule has 0 amide bonds. The molecule has 0 unspecified atom stereocenters. The van der Waals surface area contributed by atoms with Gasteiger partial charge in [-0.2, -0.15) is 4.98 Å². The second-order valence-electron chi connectivity index (χ2n) is 4.53. The standard InChI is InChI=1S/C15H13BrN4/c1-9-8-10(16)6-7-12(9)18-14-11-4-2-3-5-13(11)19-15(17)20-14/h2-8H,1H3,(H3,17,18,19,20). The third-order valence-electron chi connectivity index (χ3n) is 3.06. The summed E-state index contributed by atoms with van der Waals surface area (Å²) in [7, 11) is 0. The molecule has 0 bridgehead atoms. The zero-order valence-electron chi connectivity index (χ0n) is 10.9. The lowest BCUT2D eigenvalue weighted by molar-refractivity contribution is 1.23. The highest BCUT2D eigenvalue weighted by Crippen LogP contribution is 2.27. The third-order valence-corrected chi connectivity index (χ3v) is 3.56. The summed E-state index contributed by atoms with van der Waals surface area (Å²) in [6.45, 7) is 2.04. The lowest BCUT2D eigenvalue weighted by atomic mass is 10.2. The normalized spacial score (nSPS) is 10.7. The first-order valence-corrected chi connectivity index (χ1v) is 6.98. The second-order valence-corrected chi connectivity index (χ2v) is 5.45. The van der Waals surface area contributed by atoms with Crippen molar-refractivity contribution in [2.75, 3.05) is 11.1 Å². The summed E-state index contributed by atoms with van der Waals surface area (Å²) in [5.41, 5.74) is 8.72. The SMILES string of the molecule is Cc1cc(Br)ccc1Nc1nc(N)nc2ccccc12. The number of nitrogens with zero attached hydrogens (tertiary/aromatic N) is 2. The minimum atomic E-state index is 0.265. The van der Waals surface area contributed by atoms with Crippen LogP contribution in [0.25, 0.3) is 10.9 Å². The predicted octanol–water partition coefficient (Wildman–Crippen LogP) is 4.03. The molecule has 3 aromatic rings. The van der Waals surface area contributed by atoms with Gasteiger partial charge < -0.3 is 11.1 Å². The van der Waals surface area contributed by atoms with Gasteiger partial charge in [0.15, 0.2) is 0 Å². The predicted molar refractivity (Wildman–Crippen MR) is 86.1 cm³/mol. The maximum atomic E-state index is 5.77. The molecule has 3 rings (SSSR count). The number of aryl methyl sites for hydroxylation is 1. The molecule has 20 heavy (non-hydrogen) atoms. The minimum absolute atomic E-state index is 0.265. The molecule has 0 radical (unpaired) electrons. The number of rotatable bonds is 2. The molecule has 0 atom stereocenters. The molecule has 3 N–H and O–H groups in total. The Balaban J connectivity index is 2.10. The molecule has 100 valence electrons. The number of hydrogen-bond donors (Lipinski definition) is 2. The quantitative estimate of drug-likeness (QED) is 0.745. The molecule has 4 nitrogen and oxygen atoms in total. The van der Waals surface area contributed by atoms with Crippen LogP contribution in [0.15, 0.2) is 46.9 Å². The van der Waals surface area contributed by atoms with Gasteiger partial charge in [0.1, 0.15) is 5.82 Å². The van der Waals surface area contributed by atoms with Gasteiger partial charge in [-0.25, -0.2) is 4.98 Å². The molecule has 0 saturated heterocycles. The van der Waals surface area contributed by atoms with E-state index in [2.05, 4.69) is 37.3 Å². The van der Waals surface area contributed by atoms with Gasteiger partial charge in [-0.15, -0.1) is 0 Å². The van der Waals surface area contributed by atoms with E-state index in [0.29, 0.717) is 0 Å². The molecule has 0 aliphatic carbocycles. The van der Waals surface area contributed by atoms with Gasteiger partial charge in [0, 0.05) is 15.5 Å². The second kappa shape index (κ2) is 5.09. The van der Waals surface area contributed by atoms with E-state index in [1.165, 1.54) is 0 Å². The molecule has 2 aromatic carbocycles. The number of aromatic nitrogens is 2. The highest BCUT2D eigenvalue weighted by atomic mass is 79.9. The molecule has 5 heteroatoms. The lowest BCUT2D eigenvalue weighted by Gasteiger charge is -2.11. The number of fused-ring (bicyclic) bond motifs is 1. The van der Waals surface area contributed by atoms with Crippen molar-refractivity contribution in [2.24, 2.45) is 0 Å². The molecular weight excluding hydrogens is 316 g/mol. The fourth-order valence-electron chi connectivity index (χ4n) is 2.08. The monoisotopic (exact) mass is 328 g/mol. The summed E-state index contributed by atoms with van der Waals surface area (Å²) in [6.07, 6.45) is 0. The Kier molecular flexibility index (Phi) is 3.28. The summed E-state index contributed by atoms with van der Waals surface area (Å²) in [6, 6.07) is 13.8. The van der Waals surface area contributed by atoms with Crippen LogP contribution in [0.1, 0.15) is 5.56 Å². The van der Waals surface area contributed by atoms with E-state index in [0.717, 1.165) is 32.4 Å². The number of nitrogen functional groups attached to an aromatic ring is 1. The van der Waals surface area contributed by atoms with Crippen LogP contribution in [0.5, 0.6) is 0 Å². The lowest BCUT2D eigenvalue weighted by Crippen LogP contribution is -2.02. The zero-order valence-corrected chi connectivity index (χ0v) is 12.5. The zero-order chi connectivity index (χ0) is 14.1. The highest BCUT2D eigenvalue weighted by Gasteiger charge is 2.07. The van der Waals surface area contributed by atoms with E-state index in [9.17, 15) is 0 Å². The van der Waals surface area contributed by atoms with Gasteiger partial charge in [-0.1, -0.05) is 28.1 Å². The maximum absolute atomic E-state index is 5.77. The van der Waals surface area contributed by atoms with Crippen molar-refractivity contribution in [3.8, 4) is 0 Å². The van der Waals surface area contributed by atoms with Crippen LogP contribution >= 0.6 is 15.9 Å². The topological polar surface area (TPSA) is 63.8 Å². The molecule has 0 spiro atoms. The molecule has 1 aromatic heterocycles. The van der Waals surface area contributed by atoms with E-state index in [4.69, 9.17) is 5.73 Å². The van der Waals surface area contributed by atoms with E-state index >= 15 is 0 Å². The van der Waals surface area contributed by atoms with Crippen LogP contribution < -0.4 is 11.1 Å². The van der Waals surface area contributed by atoms with E-state index in [1.54, 1.807) is 0 Å². The largest absolute Gasteiger partial charge is 0.368 e. The first-order chi connectivity index (χ1) is 9.63. The summed E-state index contributed by atoms with van der Waals surface area (Å²) >= 11 is 3.46. The fraction of sp³-hybridized carbons (Fsp3) is 0.0667. The summed E-state index contributed by atoms with van der Waals surface area (Å²) in [5, 5.41) is 4.28. The number of halogens is 1. The molecule has 0 saturated carbocycles.